The molecule has 2 atom stereocenters. The molecule has 0 aliphatic carbocycles. The minimum absolute atomic E-state index is 0.0816. The van der Waals surface area contributed by atoms with Gasteiger partial charge in [-0.3, -0.25) is 9.59 Å². The quantitative estimate of drug-likeness (QED) is 0.897. The van der Waals surface area contributed by atoms with Crippen LogP contribution in [0.1, 0.15) is 31.5 Å². The van der Waals surface area contributed by atoms with Crippen molar-refractivity contribution >= 4 is 23.2 Å². The fourth-order valence-electron chi connectivity index (χ4n) is 2.78. The first-order valence-corrected chi connectivity index (χ1v) is 7.92. The van der Waals surface area contributed by atoms with Gasteiger partial charge in [-0.25, -0.2) is 0 Å². The Bertz CT molecular complexity index is 698. The van der Waals surface area contributed by atoms with Gasteiger partial charge in [0, 0.05) is 30.4 Å². The second kappa shape index (κ2) is 5.90. The molecule has 2 aromatic rings. The average molecular weight is 315 g/mol. The van der Waals surface area contributed by atoms with Gasteiger partial charge >= 0.3 is 0 Å². The molecule has 5 nitrogen and oxygen atoms in total. The van der Waals surface area contributed by atoms with E-state index in [1.54, 1.807) is 16.3 Å². The van der Waals surface area contributed by atoms with Gasteiger partial charge in [0.2, 0.25) is 5.91 Å². The molecular weight excluding hydrogens is 298 g/mol. The smallest absolute Gasteiger partial charge is 0.264 e. The van der Waals surface area contributed by atoms with Crippen molar-refractivity contribution in [1.82, 2.24) is 4.90 Å². The van der Waals surface area contributed by atoms with Crippen LogP contribution in [0.25, 0.3) is 0 Å². The van der Waals surface area contributed by atoms with E-state index in [4.69, 9.17) is 11.5 Å². The Morgan fingerprint density at radius 3 is 2.55 bits per heavy atom. The number of thiophene rings is 1. The molecule has 4 N–H and O–H groups in total. The summed E-state index contributed by atoms with van der Waals surface area (Å²) in [5.74, 6) is -0.470. The number of carbonyl (C=O) groups is 2. The predicted octanol–water partition coefficient (Wildman–Crippen LogP) is 1.41. The van der Waals surface area contributed by atoms with Crippen molar-refractivity contribution in [3.8, 4) is 0 Å². The Kier molecular flexibility index (Phi) is 3.96. The molecule has 1 saturated heterocycles. The van der Waals surface area contributed by atoms with E-state index in [2.05, 4.69) is 0 Å². The zero-order valence-corrected chi connectivity index (χ0v) is 12.8. The number of hydrogen-bond acceptors (Lipinski definition) is 4. The molecule has 1 aliphatic rings. The molecule has 2 amide bonds. The van der Waals surface area contributed by atoms with Crippen molar-refractivity contribution in [3.63, 3.8) is 0 Å². The molecule has 0 bridgehead atoms. The fourth-order valence-corrected chi connectivity index (χ4v) is 3.64. The Morgan fingerprint density at radius 1 is 1.18 bits per heavy atom. The Morgan fingerprint density at radius 2 is 1.91 bits per heavy atom. The lowest BCUT2D eigenvalue weighted by Gasteiger charge is -2.15. The molecule has 1 aromatic carbocycles. The predicted molar refractivity (Wildman–Crippen MR) is 85.9 cm³/mol. The first kappa shape index (κ1) is 14.7. The highest BCUT2D eigenvalue weighted by Crippen LogP contribution is 2.28. The standard InChI is InChI=1S/C16H17N3O2S/c17-13-8-19(7-12(13)10-4-2-1-3-5-10)16(21)14-6-11(9-22-14)15(18)20/h1-6,9,12-13H,7-8,17H2,(H2,18,20)/t12-,13+/m0/s1. The van der Waals surface area contributed by atoms with Crippen LogP contribution in [0.5, 0.6) is 0 Å². The summed E-state index contributed by atoms with van der Waals surface area (Å²) in [5, 5.41) is 1.61. The molecule has 1 aliphatic heterocycles. The van der Waals surface area contributed by atoms with E-state index in [0.29, 0.717) is 23.5 Å². The topological polar surface area (TPSA) is 89.4 Å². The molecule has 0 spiro atoms. The van der Waals surface area contributed by atoms with Crippen molar-refractivity contribution in [2.24, 2.45) is 11.5 Å². The highest BCUT2D eigenvalue weighted by molar-refractivity contribution is 7.12. The molecule has 3 rings (SSSR count). The summed E-state index contributed by atoms with van der Waals surface area (Å²) < 4.78 is 0. The molecule has 2 heterocycles. The normalized spacial score (nSPS) is 21.0. The summed E-state index contributed by atoms with van der Waals surface area (Å²) in [5.41, 5.74) is 12.9. The number of nitrogens with two attached hydrogens (primary N) is 2. The van der Waals surface area contributed by atoms with E-state index in [1.807, 2.05) is 30.3 Å². The molecule has 1 fully saturated rings. The van der Waals surface area contributed by atoms with Crippen molar-refractivity contribution in [1.29, 1.82) is 0 Å². The third kappa shape index (κ3) is 2.75. The van der Waals surface area contributed by atoms with Gasteiger partial charge < -0.3 is 16.4 Å². The highest BCUT2D eigenvalue weighted by atomic mass is 32.1. The van der Waals surface area contributed by atoms with Gasteiger partial charge in [-0.2, -0.15) is 0 Å². The van der Waals surface area contributed by atoms with Crippen molar-refractivity contribution in [2.75, 3.05) is 13.1 Å². The van der Waals surface area contributed by atoms with E-state index >= 15 is 0 Å². The number of carbonyl (C=O) groups excluding carboxylic acids is 2. The Hall–Kier alpha value is -2.18. The summed E-state index contributed by atoms with van der Waals surface area (Å²) in [6, 6.07) is 11.5. The molecule has 1 aromatic heterocycles. The number of primary amides is 1. The maximum atomic E-state index is 12.5. The number of rotatable bonds is 3. The van der Waals surface area contributed by atoms with Crippen LogP contribution in [0.15, 0.2) is 41.8 Å². The van der Waals surface area contributed by atoms with Gasteiger partial charge in [0.05, 0.1) is 10.4 Å². The molecule has 114 valence electrons. The summed E-state index contributed by atoms with van der Waals surface area (Å²) in [6.07, 6.45) is 0. The minimum Gasteiger partial charge on any atom is -0.366 e. The summed E-state index contributed by atoms with van der Waals surface area (Å²) in [4.78, 5) is 25.9. The van der Waals surface area contributed by atoms with Crippen LogP contribution in [0, 0.1) is 0 Å². The lowest BCUT2D eigenvalue weighted by molar-refractivity contribution is 0.0794. The second-order valence-electron chi connectivity index (χ2n) is 5.46. The van der Waals surface area contributed by atoms with Crippen LogP contribution in [-0.2, 0) is 0 Å². The average Bonchev–Trinajstić information content (AvgIpc) is 3.14. The van der Waals surface area contributed by atoms with E-state index in [9.17, 15) is 9.59 Å². The fraction of sp³-hybridized carbons (Fsp3) is 0.250. The van der Waals surface area contributed by atoms with Crippen LogP contribution in [-0.4, -0.2) is 35.8 Å². The summed E-state index contributed by atoms with van der Waals surface area (Å²) in [6.45, 7) is 1.11. The van der Waals surface area contributed by atoms with Gasteiger partial charge in [0.25, 0.3) is 5.91 Å². The number of nitrogens with zero attached hydrogens (tertiary/aromatic N) is 1. The van der Waals surface area contributed by atoms with Gasteiger partial charge in [-0.15, -0.1) is 11.3 Å². The van der Waals surface area contributed by atoms with Crippen molar-refractivity contribution in [3.05, 3.63) is 57.8 Å². The van der Waals surface area contributed by atoms with Crippen molar-refractivity contribution in [2.45, 2.75) is 12.0 Å². The van der Waals surface area contributed by atoms with Crippen molar-refractivity contribution < 1.29 is 9.59 Å². The Labute approximate surface area is 132 Å². The molecule has 0 saturated carbocycles. The van der Waals surface area contributed by atoms with Crippen LogP contribution >= 0.6 is 11.3 Å². The van der Waals surface area contributed by atoms with Gasteiger partial charge in [0.15, 0.2) is 0 Å². The second-order valence-corrected chi connectivity index (χ2v) is 6.37. The van der Waals surface area contributed by atoms with E-state index < -0.39 is 5.91 Å². The van der Waals surface area contributed by atoms with E-state index in [-0.39, 0.29) is 17.9 Å². The monoisotopic (exact) mass is 315 g/mol. The third-order valence-electron chi connectivity index (χ3n) is 3.97. The first-order chi connectivity index (χ1) is 10.6. The number of hydrogen-bond donors (Lipinski definition) is 2. The van der Waals surface area contributed by atoms with Gasteiger partial charge in [0.1, 0.15) is 0 Å². The molecule has 22 heavy (non-hydrogen) atoms. The number of likely N-dealkylation sites (tertiary alicyclic amines) is 1. The lowest BCUT2D eigenvalue weighted by atomic mass is 9.95. The van der Waals surface area contributed by atoms with Gasteiger partial charge in [-0.05, 0) is 11.6 Å². The Balaban J connectivity index is 1.76. The zero-order chi connectivity index (χ0) is 15.7. The number of amides is 2. The SMILES string of the molecule is NC(=O)c1csc(C(=O)N2C[C@@H](N)[C@H](c3ccccc3)C2)c1. The minimum atomic E-state index is -0.518. The number of benzene rings is 1. The lowest BCUT2D eigenvalue weighted by Crippen LogP contribution is -2.31. The van der Waals surface area contributed by atoms with E-state index in [0.717, 1.165) is 5.56 Å². The molecule has 0 unspecified atom stereocenters. The first-order valence-electron chi connectivity index (χ1n) is 7.04. The maximum absolute atomic E-state index is 12.5. The zero-order valence-electron chi connectivity index (χ0n) is 11.9. The van der Waals surface area contributed by atoms with E-state index in [1.165, 1.54) is 11.3 Å². The summed E-state index contributed by atoms with van der Waals surface area (Å²) >= 11 is 1.24. The van der Waals surface area contributed by atoms with Gasteiger partial charge in [-0.1, -0.05) is 30.3 Å². The highest BCUT2D eigenvalue weighted by Gasteiger charge is 2.34. The molecule has 6 heteroatoms. The van der Waals surface area contributed by atoms with Crippen LogP contribution in [0.4, 0.5) is 0 Å². The third-order valence-corrected chi connectivity index (χ3v) is 4.89. The largest absolute Gasteiger partial charge is 0.366 e. The summed E-state index contributed by atoms with van der Waals surface area (Å²) in [7, 11) is 0. The molecule has 0 radical (unpaired) electrons. The van der Waals surface area contributed by atoms with Crippen LogP contribution in [0.3, 0.4) is 0 Å². The maximum Gasteiger partial charge on any atom is 0.264 e. The molecular formula is C16H17N3O2S. The van der Waals surface area contributed by atoms with Crippen LogP contribution < -0.4 is 11.5 Å². The van der Waals surface area contributed by atoms with Crippen LogP contribution in [0.2, 0.25) is 0 Å².